The number of aromatic nitrogens is 1. The molecular formula is C13H23N3. The first kappa shape index (κ1) is 13.1. The first-order chi connectivity index (χ1) is 7.77. The van der Waals surface area contributed by atoms with E-state index in [-0.39, 0.29) is 0 Å². The van der Waals surface area contributed by atoms with E-state index in [4.69, 9.17) is 0 Å². The second kappa shape index (κ2) is 7.36. The van der Waals surface area contributed by atoms with E-state index in [0.29, 0.717) is 6.04 Å². The average Bonchev–Trinajstić information content (AvgIpc) is 2.30. The van der Waals surface area contributed by atoms with Crippen molar-refractivity contribution in [1.29, 1.82) is 0 Å². The Bertz CT molecular complexity index is 268. The third-order valence-corrected chi connectivity index (χ3v) is 2.84. The lowest BCUT2D eigenvalue weighted by Gasteiger charge is -2.27. The molecule has 16 heavy (non-hydrogen) atoms. The molecule has 90 valence electrons. The molecule has 3 heteroatoms. The molecule has 1 aromatic rings. The van der Waals surface area contributed by atoms with Crippen molar-refractivity contribution in [2.24, 2.45) is 0 Å². The molecule has 0 aliphatic heterocycles. The Morgan fingerprint density at radius 1 is 1.50 bits per heavy atom. The van der Waals surface area contributed by atoms with Crippen molar-refractivity contribution in [1.82, 2.24) is 15.2 Å². The molecule has 0 radical (unpaired) electrons. The second-order valence-electron chi connectivity index (χ2n) is 4.28. The van der Waals surface area contributed by atoms with Gasteiger partial charge in [-0.05, 0) is 32.1 Å². The lowest BCUT2D eigenvalue weighted by molar-refractivity contribution is 0.217. The molecule has 0 amide bonds. The summed E-state index contributed by atoms with van der Waals surface area (Å²) in [4.78, 5) is 6.55. The molecule has 0 fully saturated rings. The number of nitrogens with one attached hydrogen (secondary N) is 1. The Morgan fingerprint density at radius 3 is 2.88 bits per heavy atom. The van der Waals surface area contributed by atoms with Gasteiger partial charge in [-0.25, -0.2) is 0 Å². The number of nitrogens with zero attached hydrogens (tertiary/aromatic N) is 2. The van der Waals surface area contributed by atoms with Gasteiger partial charge in [0.2, 0.25) is 0 Å². The Hall–Kier alpha value is -0.930. The maximum Gasteiger partial charge on any atom is 0.0312 e. The largest absolute Gasteiger partial charge is 0.318 e. The summed E-state index contributed by atoms with van der Waals surface area (Å²) in [5, 5.41) is 3.26. The Morgan fingerprint density at radius 2 is 2.31 bits per heavy atom. The molecule has 1 heterocycles. The summed E-state index contributed by atoms with van der Waals surface area (Å²) < 4.78 is 0. The van der Waals surface area contributed by atoms with Gasteiger partial charge in [0.15, 0.2) is 0 Å². The quantitative estimate of drug-likeness (QED) is 0.762. The minimum atomic E-state index is 0.607. The zero-order valence-corrected chi connectivity index (χ0v) is 10.6. The summed E-state index contributed by atoms with van der Waals surface area (Å²) in [5.41, 5.74) is 1.28. The van der Waals surface area contributed by atoms with E-state index in [2.05, 4.69) is 35.2 Å². The number of pyridine rings is 1. The van der Waals surface area contributed by atoms with Crippen LogP contribution in [0.15, 0.2) is 24.5 Å². The van der Waals surface area contributed by atoms with Crippen LogP contribution in [0.3, 0.4) is 0 Å². The van der Waals surface area contributed by atoms with Crippen LogP contribution in [-0.4, -0.2) is 36.6 Å². The zero-order valence-electron chi connectivity index (χ0n) is 10.6. The van der Waals surface area contributed by atoms with Gasteiger partial charge in [-0.2, -0.15) is 0 Å². The van der Waals surface area contributed by atoms with Gasteiger partial charge in [0, 0.05) is 31.5 Å². The molecule has 0 aromatic carbocycles. The van der Waals surface area contributed by atoms with E-state index >= 15 is 0 Å². The van der Waals surface area contributed by atoms with Crippen molar-refractivity contribution in [2.75, 3.05) is 20.6 Å². The fraction of sp³-hybridized carbons (Fsp3) is 0.615. The Balaban J connectivity index is 2.51. The van der Waals surface area contributed by atoms with Crippen molar-refractivity contribution in [3.63, 3.8) is 0 Å². The summed E-state index contributed by atoms with van der Waals surface area (Å²) in [5.74, 6) is 0. The molecule has 1 atom stereocenters. The highest BCUT2D eigenvalue weighted by Gasteiger charge is 2.12. The fourth-order valence-corrected chi connectivity index (χ4v) is 1.96. The summed E-state index contributed by atoms with van der Waals surface area (Å²) in [6, 6.07) is 4.73. The van der Waals surface area contributed by atoms with Gasteiger partial charge in [0.25, 0.3) is 0 Å². The lowest BCUT2D eigenvalue weighted by Crippen LogP contribution is -2.38. The molecule has 1 rings (SSSR count). The van der Waals surface area contributed by atoms with E-state index in [9.17, 15) is 0 Å². The predicted molar refractivity (Wildman–Crippen MR) is 68.3 cm³/mol. The summed E-state index contributed by atoms with van der Waals surface area (Å²) in [6.45, 7) is 4.26. The van der Waals surface area contributed by atoms with Crippen LogP contribution in [-0.2, 0) is 6.54 Å². The van der Waals surface area contributed by atoms with Crippen LogP contribution in [0, 0.1) is 0 Å². The normalized spacial score (nSPS) is 13.0. The van der Waals surface area contributed by atoms with E-state index in [1.54, 1.807) is 0 Å². The minimum absolute atomic E-state index is 0.607. The summed E-state index contributed by atoms with van der Waals surface area (Å²) in [7, 11) is 4.20. The fourth-order valence-electron chi connectivity index (χ4n) is 1.96. The Kier molecular flexibility index (Phi) is 6.04. The standard InChI is InChI=1S/C13H23N3/c1-4-6-13(10-14-2)16(3)11-12-7-5-8-15-9-12/h5,7-9,13-14H,4,6,10-11H2,1-3H3. The highest BCUT2D eigenvalue weighted by atomic mass is 15.1. The molecule has 0 aliphatic carbocycles. The van der Waals surface area contributed by atoms with E-state index < -0.39 is 0 Å². The molecular weight excluding hydrogens is 198 g/mol. The molecule has 1 N–H and O–H groups in total. The Labute approximate surface area is 98.9 Å². The van der Waals surface area contributed by atoms with Gasteiger partial charge in [-0.15, -0.1) is 0 Å². The van der Waals surface area contributed by atoms with Gasteiger partial charge in [0.05, 0.1) is 0 Å². The first-order valence-electron chi connectivity index (χ1n) is 6.01. The highest BCUT2D eigenvalue weighted by molar-refractivity contribution is 5.08. The van der Waals surface area contributed by atoms with Gasteiger partial charge >= 0.3 is 0 Å². The molecule has 0 aliphatic rings. The maximum atomic E-state index is 4.15. The molecule has 1 unspecified atom stereocenters. The minimum Gasteiger partial charge on any atom is -0.318 e. The predicted octanol–water partition coefficient (Wildman–Crippen LogP) is 1.90. The van der Waals surface area contributed by atoms with E-state index in [1.165, 1.54) is 18.4 Å². The van der Waals surface area contributed by atoms with Crippen molar-refractivity contribution in [3.05, 3.63) is 30.1 Å². The number of rotatable bonds is 7. The van der Waals surface area contributed by atoms with Crippen molar-refractivity contribution in [3.8, 4) is 0 Å². The maximum absolute atomic E-state index is 4.15. The van der Waals surface area contributed by atoms with Crippen LogP contribution < -0.4 is 5.32 Å². The van der Waals surface area contributed by atoms with Crippen LogP contribution in [0.25, 0.3) is 0 Å². The molecule has 3 nitrogen and oxygen atoms in total. The molecule has 0 bridgehead atoms. The molecule has 0 saturated carbocycles. The van der Waals surface area contributed by atoms with Crippen LogP contribution in [0.4, 0.5) is 0 Å². The van der Waals surface area contributed by atoms with Crippen LogP contribution in [0.2, 0.25) is 0 Å². The zero-order chi connectivity index (χ0) is 11.8. The number of likely N-dealkylation sites (N-methyl/N-ethyl adjacent to an activating group) is 2. The van der Waals surface area contributed by atoms with Crippen molar-refractivity contribution < 1.29 is 0 Å². The second-order valence-corrected chi connectivity index (χ2v) is 4.28. The molecule has 1 aromatic heterocycles. The van der Waals surface area contributed by atoms with E-state index in [1.807, 2.05) is 25.5 Å². The van der Waals surface area contributed by atoms with Gasteiger partial charge < -0.3 is 5.32 Å². The first-order valence-corrected chi connectivity index (χ1v) is 6.01. The topological polar surface area (TPSA) is 28.2 Å². The SMILES string of the molecule is CCCC(CNC)N(C)Cc1cccnc1. The van der Waals surface area contributed by atoms with Crippen molar-refractivity contribution >= 4 is 0 Å². The lowest BCUT2D eigenvalue weighted by atomic mass is 10.1. The van der Waals surface area contributed by atoms with Crippen LogP contribution in [0.5, 0.6) is 0 Å². The average molecular weight is 221 g/mol. The summed E-state index contributed by atoms with van der Waals surface area (Å²) in [6.07, 6.45) is 6.22. The smallest absolute Gasteiger partial charge is 0.0312 e. The molecule has 0 saturated heterocycles. The molecule has 0 spiro atoms. The third kappa shape index (κ3) is 4.29. The van der Waals surface area contributed by atoms with Gasteiger partial charge in [-0.1, -0.05) is 19.4 Å². The number of hydrogen-bond acceptors (Lipinski definition) is 3. The highest BCUT2D eigenvalue weighted by Crippen LogP contribution is 2.08. The monoisotopic (exact) mass is 221 g/mol. The third-order valence-electron chi connectivity index (χ3n) is 2.84. The van der Waals surface area contributed by atoms with Gasteiger partial charge in [-0.3, -0.25) is 9.88 Å². The van der Waals surface area contributed by atoms with Gasteiger partial charge in [0.1, 0.15) is 0 Å². The van der Waals surface area contributed by atoms with Crippen LogP contribution >= 0.6 is 0 Å². The van der Waals surface area contributed by atoms with Crippen molar-refractivity contribution in [2.45, 2.75) is 32.4 Å². The van der Waals surface area contributed by atoms with Crippen LogP contribution in [0.1, 0.15) is 25.3 Å². The van der Waals surface area contributed by atoms with E-state index in [0.717, 1.165) is 13.1 Å². The number of hydrogen-bond donors (Lipinski definition) is 1. The summed E-state index contributed by atoms with van der Waals surface area (Å²) >= 11 is 0.